The number of ether oxygens (including phenoxy) is 3. The van der Waals surface area contributed by atoms with E-state index < -0.39 is 18.9 Å². The van der Waals surface area contributed by atoms with Gasteiger partial charge in [-0.05, 0) is 74.2 Å². The normalized spacial score (nSPS) is 20.2. The quantitative estimate of drug-likeness (QED) is 0.208. The van der Waals surface area contributed by atoms with Gasteiger partial charge in [0.25, 0.3) is 6.43 Å². The minimum Gasteiger partial charge on any atom is -0.485 e. The summed E-state index contributed by atoms with van der Waals surface area (Å²) in [6, 6.07) is 16.8. The van der Waals surface area contributed by atoms with Crippen LogP contribution in [0, 0.1) is 0 Å². The van der Waals surface area contributed by atoms with Crippen molar-refractivity contribution in [2.24, 2.45) is 0 Å². The number of piperidine rings is 1. The van der Waals surface area contributed by atoms with Crippen LogP contribution < -0.4 is 9.47 Å². The van der Waals surface area contributed by atoms with E-state index in [1.54, 1.807) is 24.4 Å². The highest BCUT2D eigenvalue weighted by Gasteiger charge is 2.31. The molecule has 3 aliphatic heterocycles. The van der Waals surface area contributed by atoms with Crippen LogP contribution >= 0.6 is 0 Å². The smallest absolute Gasteiger partial charge is 0.335 e. The van der Waals surface area contributed by atoms with Crippen LogP contribution in [0.25, 0.3) is 21.9 Å². The summed E-state index contributed by atoms with van der Waals surface area (Å²) in [4.78, 5) is 19.0. The summed E-state index contributed by atoms with van der Waals surface area (Å²) in [5.74, 6) is 1.75. The van der Waals surface area contributed by atoms with E-state index in [4.69, 9.17) is 19.2 Å². The lowest BCUT2D eigenvalue weighted by molar-refractivity contribution is -0.0592. The number of imidazole rings is 1. The van der Waals surface area contributed by atoms with Gasteiger partial charge < -0.3 is 23.9 Å². The van der Waals surface area contributed by atoms with Crippen molar-refractivity contribution in [3.8, 4) is 11.5 Å². The second kappa shape index (κ2) is 12.2. The number of nitrogens with zero attached hydrogens (tertiary/aromatic N) is 5. The number of para-hydroxylation sites is 1. The Morgan fingerprint density at radius 1 is 1.04 bits per heavy atom. The number of carboxylic acid groups (broad SMARTS) is 1. The maximum atomic E-state index is 13.1. The molecule has 2 fully saturated rings. The average Bonchev–Trinajstić information content (AvgIpc) is 3.61. The van der Waals surface area contributed by atoms with E-state index >= 15 is 0 Å². The van der Waals surface area contributed by atoms with Gasteiger partial charge in [-0.3, -0.25) is 9.58 Å². The molecule has 8 rings (SSSR count). The van der Waals surface area contributed by atoms with Gasteiger partial charge >= 0.3 is 5.97 Å². The number of alkyl halides is 2. The highest BCUT2D eigenvalue weighted by molar-refractivity contribution is 5.92. The molecule has 2 atom stereocenters. The fraction of sp³-hybridized carbons (Fsp3) is 0.400. The van der Waals surface area contributed by atoms with Crippen LogP contribution in [0.4, 0.5) is 8.78 Å². The zero-order valence-electron chi connectivity index (χ0n) is 25.7. The average molecular weight is 644 g/mol. The highest BCUT2D eigenvalue weighted by atomic mass is 19.3. The van der Waals surface area contributed by atoms with E-state index in [1.165, 1.54) is 4.68 Å². The molecule has 0 saturated carbocycles. The van der Waals surface area contributed by atoms with Gasteiger partial charge in [-0.2, -0.15) is 5.10 Å². The Morgan fingerprint density at radius 3 is 2.66 bits per heavy atom. The molecule has 0 radical (unpaired) electrons. The molecule has 3 aliphatic rings. The van der Waals surface area contributed by atoms with Gasteiger partial charge in [0, 0.05) is 17.6 Å². The molecule has 47 heavy (non-hydrogen) atoms. The number of carboxylic acids is 1. The number of carbonyl (C=O) groups is 1. The van der Waals surface area contributed by atoms with Gasteiger partial charge in [0.2, 0.25) is 0 Å². The van der Waals surface area contributed by atoms with Gasteiger partial charge in [-0.15, -0.1) is 0 Å². The molecular weight excluding hydrogens is 608 g/mol. The third-order valence-electron chi connectivity index (χ3n) is 9.66. The minimum absolute atomic E-state index is 0.119. The predicted molar refractivity (Wildman–Crippen MR) is 169 cm³/mol. The first-order chi connectivity index (χ1) is 22.9. The maximum Gasteiger partial charge on any atom is 0.335 e. The molecule has 2 aromatic heterocycles. The topological polar surface area (TPSA) is 104 Å². The number of aromatic nitrogens is 4. The van der Waals surface area contributed by atoms with Crippen molar-refractivity contribution in [3.05, 3.63) is 83.3 Å². The molecule has 244 valence electrons. The molecule has 12 heteroatoms. The lowest BCUT2D eigenvalue weighted by atomic mass is 9.88. The Hall–Kier alpha value is -4.55. The second-order valence-electron chi connectivity index (χ2n) is 12.6. The summed E-state index contributed by atoms with van der Waals surface area (Å²) in [5, 5.41) is 14.5. The van der Waals surface area contributed by atoms with Crippen molar-refractivity contribution in [1.29, 1.82) is 0 Å². The third-order valence-corrected chi connectivity index (χ3v) is 9.66. The first-order valence-corrected chi connectivity index (χ1v) is 16.1. The summed E-state index contributed by atoms with van der Waals surface area (Å²) in [6.07, 6.45) is 1.75. The van der Waals surface area contributed by atoms with Crippen LogP contribution in [0.5, 0.6) is 11.5 Å². The molecule has 5 aromatic rings. The van der Waals surface area contributed by atoms with Crippen molar-refractivity contribution in [1.82, 2.24) is 24.2 Å². The lowest BCUT2D eigenvalue weighted by Crippen LogP contribution is -2.35. The van der Waals surface area contributed by atoms with Crippen LogP contribution in [0.15, 0.2) is 60.8 Å². The zero-order chi connectivity index (χ0) is 32.1. The minimum atomic E-state index is -2.49. The van der Waals surface area contributed by atoms with E-state index in [1.807, 2.05) is 30.3 Å². The summed E-state index contributed by atoms with van der Waals surface area (Å²) < 4.78 is 48.1. The number of aromatic carboxylic acids is 1. The van der Waals surface area contributed by atoms with Crippen LogP contribution in [0.1, 0.15) is 58.6 Å². The zero-order valence-corrected chi connectivity index (χ0v) is 25.7. The van der Waals surface area contributed by atoms with E-state index in [2.05, 4.69) is 20.6 Å². The third kappa shape index (κ3) is 5.80. The van der Waals surface area contributed by atoms with Crippen molar-refractivity contribution in [3.63, 3.8) is 0 Å². The lowest BCUT2D eigenvalue weighted by Gasteiger charge is -2.35. The molecule has 0 bridgehead atoms. The SMILES string of the molecule is O=C(O)c1ccc2nc(CN3CCC(c4cccc5c4OC[C@@H](c4ccc6cnn(CC(F)F)c6c4)O5)CC3)n(C[C@@H]3CCO3)c2c1. The molecule has 1 N–H and O–H groups in total. The van der Waals surface area contributed by atoms with Gasteiger partial charge in [-0.1, -0.05) is 24.3 Å². The number of halogens is 2. The van der Waals surface area contributed by atoms with Gasteiger partial charge in [-0.25, -0.2) is 18.6 Å². The Morgan fingerprint density at radius 2 is 1.89 bits per heavy atom. The van der Waals surface area contributed by atoms with Crippen molar-refractivity contribution >= 4 is 27.9 Å². The Kier molecular flexibility index (Phi) is 7.76. The maximum absolute atomic E-state index is 13.1. The van der Waals surface area contributed by atoms with E-state index in [0.29, 0.717) is 36.9 Å². The number of likely N-dealkylation sites (tertiary alicyclic amines) is 1. The summed E-state index contributed by atoms with van der Waals surface area (Å²) in [7, 11) is 0. The first kappa shape index (κ1) is 29.8. The molecule has 0 unspecified atom stereocenters. The summed E-state index contributed by atoms with van der Waals surface area (Å²) >= 11 is 0. The number of fused-ring (bicyclic) bond motifs is 3. The first-order valence-electron chi connectivity index (χ1n) is 16.1. The number of hydrogen-bond donors (Lipinski definition) is 1. The molecule has 10 nitrogen and oxygen atoms in total. The van der Waals surface area contributed by atoms with Crippen molar-refractivity contribution in [2.75, 3.05) is 26.3 Å². The van der Waals surface area contributed by atoms with Gasteiger partial charge in [0.1, 0.15) is 19.0 Å². The summed E-state index contributed by atoms with van der Waals surface area (Å²) in [5.41, 5.74) is 4.52. The molecule has 0 spiro atoms. The van der Waals surface area contributed by atoms with Crippen LogP contribution in [-0.4, -0.2) is 74.1 Å². The highest BCUT2D eigenvalue weighted by Crippen LogP contribution is 2.44. The van der Waals surface area contributed by atoms with E-state index in [0.717, 1.165) is 78.1 Å². The second-order valence-corrected chi connectivity index (χ2v) is 12.6. The molecular formula is C35H35F2N5O5. The summed E-state index contributed by atoms with van der Waals surface area (Å²) in [6.45, 7) is 3.72. The molecule has 3 aromatic carbocycles. The number of rotatable bonds is 9. The van der Waals surface area contributed by atoms with Gasteiger partial charge in [0.05, 0.1) is 47.5 Å². The fourth-order valence-corrected chi connectivity index (χ4v) is 7.04. The Labute approximate surface area is 269 Å². The van der Waals surface area contributed by atoms with Crippen LogP contribution in [-0.2, 0) is 24.4 Å². The molecule has 5 heterocycles. The van der Waals surface area contributed by atoms with Crippen molar-refractivity contribution < 1.29 is 32.9 Å². The van der Waals surface area contributed by atoms with E-state index in [-0.39, 0.29) is 17.8 Å². The molecule has 0 amide bonds. The monoisotopic (exact) mass is 643 g/mol. The standard InChI is InChI=1S/C35H35F2N5O5/c36-32(37)18-42-28-14-22(4-5-24(28)16-38-42)31-20-46-34-26(2-1-3-30(34)47-31)21-8-11-40(12-9-21)19-33-39-27-7-6-23(35(43)44)15-29(27)41(33)17-25-10-13-45-25/h1-7,14-16,21,25,31-32H,8-13,17-20H2,(H,43,44)/t25-,31-/m0/s1. The predicted octanol–water partition coefficient (Wildman–Crippen LogP) is 6.03. The fourth-order valence-electron chi connectivity index (χ4n) is 7.04. The van der Waals surface area contributed by atoms with Crippen LogP contribution in [0.2, 0.25) is 0 Å². The van der Waals surface area contributed by atoms with Crippen molar-refractivity contribution in [2.45, 2.75) is 63.4 Å². The Balaban J connectivity index is 0.959. The van der Waals surface area contributed by atoms with Gasteiger partial charge in [0.15, 0.2) is 17.6 Å². The number of benzene rings is 3. The molecule has 2 saturated heterocycles. The Bertz CT molecular complexity index is 1950. The number of hydrogen-bond acceptors (Lipinski definition) is 7. The van der Waals surface area contributed by atoms with Crippen LogP contribution in [0.3, 0.4) is 0 Å². The van der Waals surface area contributed by atoms with E-state index in [9.17, 15) is 18.7 Å². The largest absolute Gasteiger partial charge is 0.485 e. The molecule has 0 aliphatic carbocycles.